The van der Waals surface area contributed by atoms with Gasteiger partial charge in [0.25, 0.3) is 0 Å². The van der Waals surface area contributed by atoms with Gasteiger partial charge >= 0.3 is 0 Å². The summed E-state index contributed by atoms with van der Waals surface area (Å²) in [5.41, 5.74) is 12.3. The van der Waals surface area contributed by atoms with Gasteiger partial charge in [-0.2, -0.15) is 0 Å². The van der Waals surface area contributed by atoms with Gasteiger partial charge in [0.15, 0.2) is 6.61 Å². The van der Waals surface area contributed by atoms with E-state index in [1.807, 2.05) is 0 Å². The maximum Gasteiger partial charge on any atom is 0.246 e. The Morgan fingerprint density at radius 2 is 2.15 bits per heavy atom. The fourth-order valence-corrected chi connectivity index (χ4v) is 0.598. The van der Waals surface area contributed by atoms with Crippen LogP contribution in [-0.2, 0) is 14.4 Å². The number of nitrogens with one attached hydrogen (secondary N) is 1. The molecule has 0 saturated heterocycles. The average molecular weight is 189 g/mol. The van der Waals surface area contributed by atoms with Crippen molar-refractivity contribution in [1.82, 2.24) is 5.48 Å². The molecular weight excluding hydrogens is 174 g/mol. The maximum absolute atomic E-state index is 10.9. The quantitative estimate of drug-likeness (QED) is 0.449. The molecule has 1 atom stereocenters. The molecule has 0 bridgehead atoms. The van der Waals surface area contributed by atoms with E-state index in [1.165, 1.54) is 0 Å². The van der Waals surface area contributed by atoms with Gasteiger partial charge in [0.05, 0.1) is 0 Å². The predicted molar refractivity (Wildman–Crippen MR) is 46.2 cm³/mol. The van der Waals surface area contributed by atoms with Crippen molar-refractivity contribution in [3.8, 4) is 0 Å². The molecule has 0 aliphatic heterocycles. The van der Waals surface area contributed by atoms with Crippen LogP contribution < -0.4 is 16.9 Å². The molecule has 0 aromatic heterocycles. The molecule has 6 nitrogen and oxygen atoms in total. The summed E-state index contributed by atoms with van der Waals surface area (Å²) in [6.45, 7) is 1.49. The van der Waals surface area contributed by atoms with Crippen LogP contribution in [0.4, 0.5) is 0 Å². The third kappa shape index (κ3) is 8.77. The predicted octanol–water partition coefficient (Wildman–Crippen LogP) is -1.35. The lowest BCUT2D eigenvalue weighted by molar-refractivity contribution is -0.138. The minimum absolute atomic E-state index is 0.0260. The third-order valence-electron chi connectivity index (χ3n) is 1.23. The molecule has 0 aromatic rings. The van der Waals surface area contributed by atoms with Gasteiger partial charge in [-0.1, -0.05) is 0 Å². The number of hydrogen-bond donors (Lipinski definition) is 3. The highest BCUT2D eigenvalue weighted by molar-refractivity contribution is 5.76. The number of primary amides is 1. The van der Waals surface area contributed by atoms with Crippen LogP contribution in [0.2, 0.25) is 0 Å². The smallest absolute Gasteiger partial charge is 0.246 e. The number of rotatable bonds is 6. The van der Waals surface area contributed by atoms with E-state index < -0.39 is 5.91 Å². The molecule has 0 rings (SSSR count). The second-order valence-corrected chi connectivity index (χ2v) is 2.80. The number of carbonyl (C=O) groups excluding carboxylic acids is 2. The fraction of sp³-hybridized carbons (Fsp3) is 0.714. The van der Waals surface area contributed by atoms with E-state index in [0.717, 1.165) is 0 Å². The molecule has 2 amide bonds. The third-order valence-corrected chi connectivity index (χ3v) is 1.23. The van der Waals surface area contributed by atoms with Crippen LogP contribution in [0, 0.1) is 0 Å². The summed E-state index contributed by atoms with van der Waals surface area (Å²) in [6, 6.07) is -0.0260. The molecule has 13 heavy (non-hydrogen) atoms. The van der Waals surface area contributed by atoms with Gasteiger partial charge in [0.1, 0.15) is 0 Å². The van der Waals surface area contributed by atoms with Gasteiger partial charge < -0.3 is 11.5 Å². The van der Waals surface area contributed by atoms with Gasteiger partial charge in [-0.25, -0.2) is 5.48 Å². The minimum atomic E-state index is -0.632. The number of nitrogens with two attached hydrogens (primary N) is 2. The number of carbonyl (C=O) groups is 2. The summed E-state index contributed by atoms with van der Waals surface area (Å²) in [7, 11) is 0. The van der Waals surface area contributed by atoms with Crippen LogP contribution >= 0.6 is 0 Å². The summed E-state index contributed by atoms with van der Waals surface area (Å²) >= 11 is 0. The van der Waals surface area contributed by atoms with E-state index in [4.69, 9.17) is 11.5 Å². The standard InChI is InChI=1S/C7H15N3O3/c1-5(8)2-3-7(12)10-13-4-6(9)11/h5H,2-4,8H2,1H3,(H2,9,11)(H,10,12). The molecule has 0 radical (unpaired) electrons. The first-order valence-electron chi connectivity index (χ1n) is 3.97. The highest BCUT2D eigenvalue weighted by Gasteiger charge is 2.03. The van der Waals surface area contributed by atoms with Crippen LogP contribution in [0.3, 0.4) is 0 Å². The van der Waals surface area contributed by atoms with Crippen molar-refractivity contribution in [2.75, 3.05) is 6.61 Å². The molecule has 0 spiro atoms. The summed E-state index contributed by atoms with van der Waals surface area (Å²) in [4.78, 5) is 25.5. The second kappa shape index (κ2) is 6.38. The van der Waals surface area contributed by atoms with Crippen molar-refractivity contribution in [3.63, 3.8) is 0 Å². The van der Waals surface area contributed by atoms with Gasteiger partial charge in [-0.05, 0) is 13.3 Å². The topological polar surface area (TPSA) is 107 Å². The Bertz CT molecular complexity index is 182. The Kier molecular flexibility index (Phi) is 5.82. The van der Waals surface area contributed by atoms with Crippen molar-refractivity contribution in [1.29, 1.82) is 0 Å². The SMILES string of the molecule is CC(N)CCC(=O)NOCC(N)=O. The van der Waals surface area contributed by atoms with Crippen LogP contribution in [-0.4, -0.2) is 24.5 Å². The Hall–Kier alpha value is -1.14. The Morgan fingerprint density at radius 3 is 2.62 bits per heavy atom. The average Bonchev–Trinajstić information content (AvgIpc) is 2.00. The lowest BCUT2D eigenvalue weighted by Gasteiger charge is -2.05. The molecule has 0 aliphatic rings. The molecule has 0 heterocycles. The first-order chi connectivity index (χ1) is 6.02. The highest BCUT2D eigenvalue weighted by Crippen LogP contribution is 1.92. The lowest BCUT2D eigenvalue weighted by atomic mass is 10.2. The zero-order valence-electron chi connectivity index (χ0n) is 7.58. The second-order valence-electron chi connectivity index (χ2n) is 2.80. The molecule has 6 heteroatoms. The molecule has 76 valence electrons. The van der Waals surface area contributed by atoms with Gasteiger partial charge in [-0.3, -0.25) is 14.4 Å². The summed E-state index contributed by atoms with van der Waals surface area (Å²) < 4.78 is 0. The van der Waals surface area contributed by atoms with E-state index in [2.05, 4.69) is 10.3 Å². The van der Waals surface area contributed by atoms with E-state index in [0.29, 0.717) is 6.42 Å². The largest absolute Gasteiger partial charge is 0.368 e. The molecule has 0 aliphatic carbocycles. The van der Waals surface area contributed by atoms with Crippen molar-refractivity contribution in [3.05, 3.63) is 0 Å². The first-order valence-corrected chi connectivity index (χ1v) is 3.97. The zero-order valence-corrected chi connectivity index (χ0v) is 7.58. The van der Waals surface area contributed by atoms with E-state index in [1.54, 1.807) is 6.92 Å². The lowest BCUT2D eigenvalue weighted by Crippen LogP contribution is -2.30. The fourth-order valence-electron chi connectivity index (χ4n) is 0.598. The molecule has 0 saturated carbocycles. The van der Waals surface area contributed by atoms with Crippen LogP contribution in [0.15, 0.2) is 0 Å². The normalized spacial score (nSPS) is 12.2. The summed E-state index contributed by atoms with van der Waals surface area (Å²) in [5, 5.41) is 0. The van der Waals surface area contributed by atoms with Crippen molar-refractivity contribution >= 4 is 11.8 Å². The van der Waals surface area contributed by atoms with E-state index in [9.17, 15) is 9.59 Å². The van der Waals surface area contributed by atoms with Crippen LogP contribution in [0.5, 0.6) is 0 Å². The van der Waals surface area contributed by atoms with Crippen LogP contribution in [0.25, 0.3) is 0 Å². The highest BCUT2D eigenvalue weighted by atomic mass is 16.7. The summed E-state index contributed by atoms with van der Waals surface area (Å²) in [5.74, 6) is -0.939. The number of amides is 2. The van der Waals surface area contributed by atoms with E-state index >= 15 is 0 Å². The molecule has 0 aromatic carbocycles. The molecular formula is C7H15N3O3. The van der Waals surface area contributed by atoms with Gasteiger partial charge in [0.2, 0.25) is 11.8 Å². The molecule has 5 N–H and O–H groups in total. The van der Waals surface area contributed by atoms with Crippen LogP contribution in [0.1, 0.15) is 19.8 Å². The first kappa shape index (κ1) is 11.9. The Labute approximate surface area is 76.5 Å². The molecule has 1 unspecified atom stereocenters. The van der Waals surface area contributed by atoms with Crippen molar-refractivity contribution in [2.45, 2.75) is 25.8 Å². The monoisotopic (exact) mass is 189 g/mol. The molecule has 0 fully saturated rings. The van der Waals surface area contributed by atoms with Gasteiger partial charge in [-0.15, -0.1) is 0 Å². The van der Waals surface area contributed by atoms with Crippen molar-refractivity contribution < 1.29 is 14.4 Å². The van der Waals surface area contributed by atoms with Crippen molar-refractivity contribution in [2.24, 2.45) is 11.5 Å². The maximum atomic E-state index is 10.9. The Balaban J connectivity index is 3.35. The van der Waals surface area contributed by atoms with Gasteiger partial charge in [0, 0.05) is 12.5 Å². The zero-order chi connectivity index (χ0) is 10.3. The number of hydrogen-bond acceptors (Lipinski definition) is 4. The minimum Gasteiger partial charge on any atom is -0.368 e. The van der Waals surface area contributed by atoms with E-state index in [-0.39, 0.29) is 25.0 Å². The Morgan fingerprint density at radius 1 is 1.54 bits per heavy atom. The summed E-state index contributed by atoms with van der Waals surface area (Å²) in [6.07, 6.45) is 0.849. The number of hydroxylamine groups is 1.